The average Bonchev–Trinajstić information content (AvgIpc) is 2.91. The third kappa shape index (κ3) is 2.92. The Morgan fingerprint density at radius 1 is 1.33 bits per heavy atom. The summed E-state index contributed by atoms with van der Waals surface area (Å²) < 4.78 is 5.06. The third-order valence-electron chi connectivity index (χ3n) is 3.15. The molecule has 3 heteroatoms. The smallest absolute Gasteiger partial charge is 0.298 e. The van der Waals surface area contributed by atoms with Crippen LogP contribution in [0.15, 0.2) is 24.3 Å². The van der Waals surface area contributed by atoms with Crippen LogP contribution in [0, 0.1) is 0 Å². The SMILES string of the molecule is CCC=Cc1ccc(OC=O)c(N2CCCC2)c1. The Morgan fingerprint density at radius 2 is 2.11 bits per heavy atom. The van der Waals surface area contributed by atoms with Gasteiger partial charge < -0.3 is 9.64 Å². The van der Waals surface area contributed by atoms with Gasteiger partial charge in [0.25, 0.3) is 6.47 Å². The quantitative estimate of drug-likeness (QED) is 0.746. The fourth-order valence-electron chi connectivity index (χ4n) is 2.25. The molecule has 0 aliphatic carbocycles. The molecule has 0 unspecified atom stereocenters. The Morgan fingerprint density at radius 3 is 2.78 bits per heavy atom. The van der Waals surface area contributed by atoms with E-state index in [1.807, 2.05) is 12.1 Å². The molecule has 3 nitrogen and oxygen atoms in total. The summed E-state index contributed by atoms with van der Waals surface area (Å²) in [5, 5.41) is 0. The van der Waals surface area contributed by atoms with Crippen LogP contribution in [0.5, 0.6) is 5.75 Å². The number of nitrogens with zero attached hydrogens (tertiary/aromatic N) is 1. The molecule has 0 aromatic heterocycles. The lowest BCUT2D eigenvalue weighted by molar-refractivity contribution is -0.120. The molecule has 1 aromatic rings. The number of carbonyl (C=O) groups is 1. The Hall–Kier alpha value is -1.77. The van der Waals surface area contributed by atoms with Crippen molar-refractivity contribution >= 4 is 18.2 Å². The fourth-order valence-corrected chi connectivity index (χ4v) is 2.25. The second-order valence-corrected chi connectivity index (χ2v) is 4.45. The summed E-state index contributed by atoms with van der Waals surface area (Å²) in [6, 6.07) is 5.94. The number of benzene rings is 1. The predicted octanol–water partition coefficient (Wildman–Crippen LogP) is 3.25. The number of hydrogen-bond donors (Lipinski definition) is 0. The first-order valence-corrected chi connectivity index (χ1v) is 6.51. The molecular formula is C15H19NO2. The predicted molar refractivity (Wildman–Crippen MR) is 73.9 cm³/mol. The van der Waals surface area contributed by atoms with E-state index in [9.17, 15) is 4.79 Å². The van der Waals surface area contributed by atoms with Gasteiger partial charge in [0.05, 0.1) is 5.69 Å². The Bertz CT molecular complexity index is 434. The monoisotopic (exact) mass is 245 g/mol. The van der Waals surface area contributed by atoms with E-state index in [0.29, 0.717) is 12.2 Å². The van der Waals surface area contributed by atoms with E-state index in [1.165, 1.54) is 12.8 Å². The first-order chi connectivity index (χ1) is 8.85. The normalized spacial score (nSPS) is 15.3. The number of rotatable bonds is 5. The van der Waals surface area contributed by atoms with Crippen LogP contribution in [0.2, 0.25) is 0 Å². The molecule has 96 valence electrons. The Kier molecular flexibility index (Phi) is 4.40. The molecule has 1 aromatic carbocycles. The zero-order chi connectivity index (χ0) is 12.8. The summed E-state index contributed by atoms with van der Waals surface area (Å²) in [6.07, 6.45) is 7.66. The van der Waals surface area contributed by atoms with Gasteiger partial charge in [0.1, 0.15) is 0 Å². The fraction of sp³-hybridized carbons (Fsp3) is 0.400. The maximum atomic E-state index is 10.5. The number of allylic oxidation sites excluding steroid dienone is 1. The molecule has 0 saturated carbocycles. The molecule has 0 spiro atoms. The summed E-state index contributed by atoms with van der Waals surface area (Å²) in [6.45, 7) is 4.69. The highest BCUT2D eigenvalue weighted by Crippen LogP contribution is 2.32. The standard InChI is InChI=1S/C15H19NO2/c1-2-3-6-13-7-8-15(18-12-17)14(11-13)16-9-4-5-10-16/h3,6-8,11-12H,2,4-5,9-10H2,1H3. The minimum Gasteiger partial charge on any atom is -0.427 e. The molecule has 1 fully saturated rings. The van der Waals surface area contributed by atoms with E-state index in [1.54, 1.807) is 0 Å². The van der Waals surface area contributed by atoms with Crippen molar-refractivity contribution < 1.29 is 9.53 Å². The highest BCUT2D eigenvalue weighted by atomic mass is 16.5. The van der Waals surface area contributed by atoms with Crippen LogP contribution < -0.4 is 9.64 Å². The topological polar surface area (TPSA) is 29.5 Å². The lowest BCUT2D eigenvalue weighted by Crippen LogP contribution is -2.18. The number of ether oxygens (including phenoxy) is 1. The molecule has 0 amide bonds. The van der Waals surface area contributed by atoms with Crippen molar-refractivity contribution in [1.29, 1.82) is 0 Å². The molecule has 0 atom stereocenters. The van der Waals surface area contributed by atoms with Gasteiger partial charge in [-0.2, -0.15) is 0 Å². The zero-order valence-electron chi connectivity index (χ0n) is 10.8. The van der Waals surface area contributed by atoms with Crippen LogP contribution in [0.1, 0.15) is 31.7 Å². The molecule has 0 bridgehead atoms. The molecule has 0 N–H and O–H groups in total. The van der Waals surface area contributed by atoms with E-state index in [2.05, 4.69) is 30.0 Å². The van der Waals surface area contributed by atoms with E-state index >= 15 is 0 Å². The zero-order valence-corrected chi connectivity index (χ0v) is 10.8. The van der Waals surface area contributed by atoms with Crippen molar-refractivity contribution in [2.45, 2.75) is 26.2 Å². The summed E-state index contributed by atoms with van der Waals surface area (Å²) >= 11 is 0. The first kappa shape index (κ1) is 12.7. The summed E-state index contributed by atoms with van der Waals surface area (Å²) in [5.41, 5.74) is 2.18. The van der Waals surface area contributed by atoms with Crippen LogP contribution >= 0.6 is 0 Å². The number of carbonyl (C=O) groups excluding carboxylic acids is 1. The third-order valence-corrected chi connectivity index (χ3v) is 3.15. The van der Waals surface area contributed by atoms with E-state index in [4.69, 9.17) is 4.74 Å². The van der Waals surface area contributed by atoms with Gasteiger partial charge in [0.2, 0.25) is 0 Å². The second-order valence-electron chi connectivity index (χ2n) is 4.45. The van der Waals surface area contributed by atoms with Gasteiger partial charge in [-0.25, -0.2) is 0 Å². The van der Waals surface area contributed by atoms with Gasteiger partial charge in [0.15, 0.2) is 5.75 Å². The molecular weight excluding hydrogens is 226 g/mol. The van der Waals surface area contributed by atoms with Crippen LogP contribution in [0.25, 0.3) is 6.08 Å². The summed E-state index contributed by atoms with van der Waals surface area (Å²) in [7, 11) is 0. The van der Waals surface area contributed by atoms with E-state index in [-0.39, 0.29) is 0 Å². The maximum Gasteiger partial charge on any atom is 0.298 e. The van der Waals surface area contributed by atoms with Crippen LogP contribution in [0.3, 0.4) is 0 Å². The van der Waals surface area contributed by atoms with Crippen molar-refractivity contribution in [3.63, 3.8) is 0 Å². The largest absolute Gasteiger partial charge is 0.427 e. The van der Waals surface area contributed by atoms with Crippen LogP contribution in [0.4, 0.5) is 5.69 Å². The molecule has 1 aliphatic rings. The number of anilines is 1. The van der Waals surface area contributed by atoms with Crippen molar-refractivity contribution in [3.8, 4) is 5.75 Å². The Balaban J connectivity index is 2.30. The second kappa shape index (κ2) is 6.24. The van der Waals surface area contributed by atoms with Crippen molar-refractivity contribution in [2.24, 2.45) is 0 Å². The highest BCUT2D eigenvalue weighted by molar-refractivity contribution is 5.68. The van der Waals surface area contributed by atoms with Crippen molar-refractivity contribution in [2.75, 3.05) is 18.0 Å². The minimum absolute atomic E-state index is 0.496. The van der Waals surface area contributed by atoms with Gasteiger partial charge in [0, 0.05) is 13.1 Å². The highest BCUT2D eigenvalue weighted by Gasteiger charge is 2.16. The van der Waals surface area contributed by atoms with E-state index < -0.39 is 0 Å². The molecule has 1 heterocycles. The van der Waals surface area contributed by atoms with E-state index in [0.717, 1.165) is 30.8 Å². The molecule has 2 rings (SSSR count). The maximum absolute atomic E-state index is 10.5. The van der Waals surface area contributed by atoms with Gasteiger partial charge in [-0.3, -0.25) is 4.79 Å². The molecule has 0 radical (unpaired) electrons. The average molecular weight is 245 g/mol. The lowest BCUT2D eigenvalue weighted by atomic mass is 10.1. The van der Waals surface area contributed by atoms with Crippen LogP contribution in [-0.4, -0.2) is 19.6 Å². The van der Waals surface area contributed by atoms with Crippen molar-refractivity contribution in [3.05, 3.63) is 29.8 Å². The Labute approximate surface area is 108 Å². The number of hydrogen-bond acceptors (Lipinski definition) is 3. The van der Waals surface area contributed by atoms with Gasteiger partial charge in [-0.05, 0) is 37.0 Å². The summed E-state index contributed by atoms with van der Waals surface area (Å²) in [5.74, 6) is 0.653. The van der Waals surface area contributed by atoms with Gasteiger partial charge in [-0.15, -0.1) is 0 Å². The van der Waals surface area contributed by atoms with Crippen molar-refractivity contribution in [1.82, 2.24) is 0 Å². The molecule has 18 heavy (non-hydrogen) atoms. The first-order valence-electron chi connectivity index (χ1n) is 6.51. The lowest BCUT2D eigenvalue weighted by Gasteiger charge is -2.20. The van der Waals surface area contributed by atoms with Gasteiger partial charge in [-0.1, -0.05) is 25.1 Å². The van der Waals surface area contributed by atoms with Gasteiger partial charge >= 0.3 is 0 Å². The van der Waals surface area contributed by atoms with Crippen LogP contribution in [-0.2, 0) is 4.79 Å². The molecule has 1 saturated heterocycles. The molecule has 1 aliphatic heterocycles. The summed E-state index contributed by atoms with van der Waals surface area (Å²) in [4.78, 5) is 12.8. The minimum atomic E-state index is 0.496.